The molecule has 0 radical (unpaired) electrons. The SMILES string of the molecule is CNC(=O)c1nnc(NC(=O)C2CC2)cc1Nc1cccc(C2=CC=C(C(=O)N(C)CC(F)F)NC2)c1OC. The van der Waals surface area contributed by atoms with Crippen LogP contribution in [0.15, 0.2) is 42.1 Å². The summed E-state index contributed by atoms with van der Waals surface area (Å²) in [6.07, 6.45) is 2.28. The van der Waals surface area contributed by atoms with Gasteiger partial charge in [0.1, 0.15) is 11.4 Å². The quantitative estimate of drug-likeness (QED) is 0.360. The van der Waals surface area contributed by atoms with Gasteiger partial charge in [-0.15, -0.1) is 10.2 Å². The number of halogens is 2. The van der Waals surface area contributed by atoms with Gasteiger partial charge in [0.25, 0.3) is 18.2 Å². The van der Waals surface area contributed by atoms with Crippen LogP contribution in [0.4, 0.5) is 26.0 Å². The Morgan fingerprint density at radius 2 is 1.95 bits per heavy atom. The van der Waals surface area contributed by atoms with Gasteiger partial charge in [-0.3, -0.25) is 14.4 Å². The lowest BCUT2D eigenvalue weighted by Crippen LogP contribution is -2.37. The summed E-state index contributed by atoms with van der Waals surface area (Å²) in [6, 6.07) is 6.89. The zero-order valence-electron chi connectivity index (χ0n) is 21.7. The number of carbonyl (C=O) groups excluding carboxylic acids is 3. The van der Waals surface area contributed by atoms with Gasteiger partial charge in [-0.1, -0.05) is 18.2 Å². The van der Waals surface area contributed by atoms with Gasteiger partial charge in [-0.25, -0.2) is 8.78 Å². The molecule has 1 fully saturated rings. The average Bonchev–Trinajstić information content (AvgIpc) is 3.78. The Labute approximate surface area is 223 Å². The molecule has 11 nitrogen and oxygen atoms in total. The second-order valence-electron chi connectivity index (χ2n) is 9.05. The molecule has 2 heterocycles. The Morgan fingerprint density at radius 3 is 2.56 bits per heavy atom. The Kier molecular flexibility index (Phi) is 8.37. The number of nitrogens with one attached hydrogen (secondary N) is 4. The number of carbonyl (C=O) groups is 3. The van der Waals surface area contributed by atoms with Gasteiger partial charge in [0.15, 0.2) is 11.5 Å². The lowest BCUT2D eigenvalue weighted by atomic mass is 10.0. The average molecular weight is 542 g/mol. The number of amides is 3. The topological polar surface area (TPSA) is 138 Å². The van der Waals surface area contributed by atoms with Crippen LogP contribution in [0.1, 0.15) is 28.9 Å². The lowest BCUT2D eigenvalue weighted by molar-refractivity contribution is -0.128. The largest absolute Gasteiger partial charge is 0.494 e. The summed E-state index contributed by atoms with van der Waals surface area (Å²) in [5.41, 5.74) is 2.51. The van der Waals surface area contributed by atoms with E-state index in [1.54, 1.807) is 18.2 Å². The highest BCUT2D eigenvalue weighted by Crippen LogP contribution is 2.37. The number of ether oxygens (including phenoxy) is 1. The van der Waals surface area contributed by atoms with E-state index in [9.17, 15) is 23.2 Å². The van der Waals surface area contributed by atoms with Gasteiger partial charge >= 0.3 is 0 Å². The first-order valence-electron chi connectivity index (χ1n) is 12.2. The standard InChI is InChI=1S/C26H29F2N7O4/c1-29-25(37)22-19(11-21(33-34-22)32-24(36)14-7-8-14)31-17-6-4-5-16(23(17)39-3)15-9-10-18(30-12-15)26(38)35(2)13-20(27)28/h4-6,9-11,14,20,30H,7-8,12-13H2,1-3H3,(H,29,37)(H2,31,32,33,36). The van der Waals surface area contributed by atoms with Crippen molar-refractivity contribution >= 4 is 40.5 Å². The third-order valence-electron chi connectivity index (χ3n) is 6.18. The monoisotopic (exact) mass is 541 g/mol. The molecule has 4 rings (SSSR count). The fourth-order valence-corrected chi connectivity index (χ4v) is 3.98. The number of alkyl halides is 2. The third-order valence-corrected chi connectivity index (χ3v) is 6.18. The summed E-state index contributed by atoms with van der Waals surface area (Å²) in [5.74, 6) is -0.540. The zero-order valence-corrected chi connectivity index (χ0v) is 21.7. The minimum atomic E-state index is -2.63. The van der Waals surface area contributed by atoms with Crippen LogP contribution in [-0.2, 0) is 9.59 Å². The van der Waals surface area contributed by atoms with Crippen molar-refractivity contribution in [3.8, 4) is 5.75 Å². The van der Waals surface area contributed by atoms with E-state index < -0.39 is 24.8 Å². The van der Waals surface area contributed by atoms with Crippen LogP contribution >= 0.6 is 0 Å². The molecule has 39 heavy (non-hydrogen) atoms. The van der Waals surface area contributed by atoms with Crippen molar-refractivity contribution in [1.29, 1.82) is 0 Å². The number of hydrogen-bond donors (Lipinski definition) is 4. The minimum Gasteiger partial charge on any atom is -0.494 e. The van der Waals surface area contributed by atoms with E-state index in [2.05, 4.69) is 31.5 Å². The van der Waals surface area contributed by atoms with Crippen molar-refractivity contribution in [2.75, 3.05) is 44.9 Å². The zero-order chi connectivity index (χ0) is 28.1. The Balaban J connectivity index is 1.62. The smallest absolute Gasteiger partial charge is 0.273 e. The Hall–Kier alpha value is -4.55. The minimum absolute atomic E-state index is 0.0203. The van der Waals surface area contributed by atoms with E-state index in [-0.39, 0.29) is 35.6 Å². The molecule has 4 N–H and O–H groups in total. The van der Waals surface area contributed by atoms with Gasteiger partial charge in [-0.05, 0) is 30.6 Å². The number of benzene rings is 1. The second kappa shape index (κ2) is 11.9. The molecule has 2 aromatic rings. The maximum atomic E-state index is 12.7. The summed E-state index contributed by atoms with van der Waals surface area (Å²) >= 11 is 0. The summed E-state index contributed by atoms with van der Waals surface area (Å²) in [5, 5.41) is 19.4. The molecule has 13 heteroatoms. The van der Waals surface area contributed by atoms with Gasteiger partial charge < -0.3 is 30.9 Å². The van der Waals surface area contributed by atoms with Crippen LogP contribution in [0.2, 0.25) is 0 Å². The first-order chi connectivity index (χ1) is 18.7. The van der Waals surface area contributed by atoms with Gasteiger partial charge in [0.2, 0.25) is 5.91 Å². The molecule has 206 valence electrons. The fraction of sp³-hybridized carbons (Fsp3) is 0.346. The van der Waals surface area contributed by atoms with Crippen molar-refractivity contribution < 1.29 is 27.9 Å². The molecule has 2 aliphatic rings. The van der Waals surface area contributed by atoms with Crippen molar-refractivity contribution in [2.24, 2.45) is 5.92 Å². The predicted molar refractivity (Wildman–Crippen MR) is 141 cm³/mol. The van der Waals surface area contributed by atoms with Crippen molar-refractivity contribution in [1.82, 2.24) is 25.7 Å². The maximum Gasteiger partial charge on any atom is 0.273 e. The van der Waals surface area contributed by atoms with Crippen LogP contribution in [0.25, 0.3) is 5.57 Å². The number of likely N-dealkylation sites (N-methyl/N-ethyl adjacent to an activating group) is 1. The molecular formula is C26H29F2N7O4. The van der Waals surface area contributed by atoms with Gasteiger partial charge in [0, 0.05) is 38.2 Å². The molecule has 1 aliphatic carbocycles. The number of methoxy groups -OCH3 is 1. The Morgan fingerprint density at radius 1 is 1.18 bits per heavy atom. The van der Waals surface area contributed by atoms with E-state index in [1.165, 1.54) is 33.3 Å². The first-order valence-corrected chi connectivity index (χ1v) is 12.2. The normalized spacial score (nSPS) is 14.5. The number of para-hydroxylation sites is 1. The molecule has 3 amide bonds. The summed E-state index contributed by atoms with van der Waals surface area (Å²) in [4.78, 5) is 38.1. The molecule has 1 saturated carbocycles. The predicted octanol–water partition coefficient (Wildman–Crippen LogP) is 2.53. The van der Waals surface area contributed by atoms with Crippen LogP contribution < -0.4 is 26.0 Å². The van der Waals surface area contributed by atoms with Gasteiger partial charge in [0.05, 0.1) is 25.0 Å². The molecule has 0 spiro atoms. The highest BCUT2D eigenvalue weighted by molar-refractivity contribution is 6.00. The van der Waals surface area contributed by atoms with E-state index in [4.69, 9.17) is 4.74 Å². The third kappa shape index (κ3) is 6.48. The number of nitrogens with zero attached hydrogens (tertiary/aromatic N) is 3. The summed E-state index contributed by atoms with van der Waals surface area (Å²) < 4.78 is 31.0. The molecule has 0 saturated heterocycles. The maximum absolute atomic E-state index is 12.7. The van der Waals surface area contributed by atoms with Crippen molar-refractivity contribution in [2.45, 2.75) is 19.3 Å². The van der Waals surface area contributed by atoms with Crippen LogP contribution in [-0.4, -0.2) is 73.5 Å². The van der Waals surface area contributed by atoms with E-state index in [0.717, 1.165) is 23.3 Å². The molecular weight excluding hydrogens is 512 g/mol. The number of aromatic nitrogens is 2. The van der Waals surface area contributed by atoms with Gasteiger partial charge in [-0.2, -0.15) is 0 Å². The van der Waals surface area contributed by atoms with Crippen LogP contribution in [0.5, 0.6) is 5.75 Å². The number of dihydropyridines is 1. The second-order valence-corrected chi connectivity index (χ2v) is 9.05. The number of hydrogen-bond acceptors (Lipinski definition) is 8. The number of rotatable bonds is 10. The summed E-state index contributed by atoms with van der Waals surface area (Å²) in [7, 11) is 4.28. The number of allylic oxidation sites excluding steroid dienone is 2. The number of anilines is 3. The first kappa shape index (κ1) is 27.5. The van der Waals surface area contributed by atoms with E-state index in [1.807, 2.05) is 6.07 Å². The van der Waals surface area contributed by atoms with E-state index >= 15 is 0 Å². The molecule has 0 bridgehead atoms. The van der Waals surface area contributed by atoms with Crippen molar-refractivity contribution in [3.05, 3.63) is 53.4 Å². The highest BCUT2D eigenvalue weighted by atomic mass is 19.3. The van der Waals surface area contributed by atoms with Crippen molar-refractivity contribution in [3.63, 3.8) is 0 Å². The molecule has 0 unspecified atom stereocenters. The van der Waals surface area contributed by atoms with Crippen LogP contribution in [0, 0.1) is 5.92 Å². The summed E-state index contributed by atoms with van der Waals surface area (Å²) in [6.45, 7) is -0.415. The lowest BCUT2D eigenvalue weighted by Gasteiger charge is -2.23. The van der Waals surface area contributed by atoms with E-state index in [0.29, 0.717) is 22.7 Å². The fourth-order valence-electron chi connectivity index (χ4n) is 3.98. The Bertz CT molecular complexity index is 1340. The molecule has 1 aromatic heterocycles. The molecule has 1 aliphatic heterocycles. The highest BCUT2D eigenvalue weighted by Gasteiger charge is 2.30. The molecule has 1 aromatic carbocycles. The molecule has 0 atom stereocenters. The van der Waals surface area contributed by atoms with Crippen LogP contribution in [0.3, 0.4) is 0 Å².